The van der Waals surface area contributed by atoms with E-state index in [9.17, 15) is 4.79 Å². The summed E-state index contributed by atoms with van der Waals surface area (Å²) in [6.07, 6.45) is 8.68. The van der Waals surface area contributed by atoms with Crippen LogP contribution in [-0.2, 0) is 0 Å². The molecule has 22 heavy (non-hydrogen) atoms. The zero-order chi connectivity index (χ0) is 15.4. The SMILES string of the molecule is COc1ccc(NC(=O)N[C@@H]2CCC[C@H]2n2ccnc2)cc1. The maximum absolute atomic E-state index is 12.2. The summed E-state index contributed by atoms with van der Waals surface area (Å²) in [4.78, 5) is 16.2. The molecule has 1 saturated carbocycles. The molecule has 2 amide bonds. The highest BCUT2D eigenvalue weighted by Crippen LogP contribution is 2.29. The van der Waals surface area contributed by atoms with Gasteiger partial charge in [-0.25, -0.2) is 9.78 Å². The molecule has 1 aromatic heterocycles. The van der Waals surface area contributed by atoms with Crippen LogP contribution in [0.2, 0.25) is 0 Å². The van der Waals surface area contributed by atoms with Gasteiger partial charge in [0.15, 0.2) is 0 Å². The van der Waals surface area contributed by atoms with Crippen molar-refractivity contribution in [3.8, 4) is 5.75 Å². The summed E-state index contributed by atoms with van der Waals surface area (Å²) in [6.45, 7) is 0. The van der Waals surface area contributed by atoms with Gasteiger partial charge in [0.2, 0.25) is 0 Å². The normalized spacial score (nSPS) is 20.6. The first-order chi connectivity index (χ1) is 10.8. The second kappa shape index (κ2) is 6.51. The zero-order valence-corrected chi connectivity index (χ0v) is 12.5. The number of carbonyl (C=O) groups is 1. The Morgan fingerprint density at radius 3 is 2.82 bits per heavy atom. The summed E-state index contributed by atoms with van der Waals surface area (Å²) in [5, 5.41) is 5.92. The minimum absolute atomic E-state index is 0.132. The zero-order valence-electron chi connectivity index (χ0n) is 12.5. The van der Waals surface area contributed by atoms with Gasteiger partial charge >= 0.3 is 6.03 Å². The molecule has 1 aliphatic rings. The van der Waals surface area contributed by atoms with Crippen molar-refractivity contribution in [1.82, 2.24) is 14.9 Å². The van der Waals surface area contributed by atoms with Crippen molar-refractivity contribution in [2.75, 3.05) is 12.4 Å². The van der Waals surface area contributed by atoms with Gasteiger partial charge in [0.05, 0.1) is 25.5 Å². The van der Waals surface area contributed by atoms with Crippen LogP contribution in [0.3, 0.4) is 0 Å². The summed E-state index contributed by atoms with van der Waals surface area (Å²) in [7, 11) is 1.62. The summed E-state index contributed by atoms with van der Waals surface area (Å²) >= 11 is 0. The molecule has 1 fully saturated rings. The molecule has 0 radical (unpaired) electrons. The fourth-order valence-corrected chi connectivity index (χ4v) is 2.94. The smallest absolute Gasteiger partial charge is 0.319 e. The van der Waals surface area contributed by atoms with E-state index in [2.05, 4.69) is 20.2 Å². The van der Waals surface area contributed by atoms with Gasteiger partial charge in [-0.05, 0) is 43.5 Å². The number of anilines is 1. The fourth-order valence-electron chi connectivity index (χ4n) is 2.94. The first kappa shape index (κ1) is 14.4. The highest BCUT2D eigenvalue weighted by Gasteiger charge is 2.29. The van der Waals surface area contributed by atoms with E-state index in [1.165, 1.54) is 0 Å². The molecule has 3 rings (SSSR count). The molecule has 0 aliphatic heterocycles. The summed E-state index contributed by atoms with van der Waals surface area (Å²) in [5.41, 5.74) is 0.746. The lowest BCUT2D eigenvalue weighted by molar-refractivity contribution is 0.245. The van der Waals surface area contributed by atoms with Crippen LogP contribution in [0, 0.1) is 0 Å². The Balaban J connectivity index is 1.58. The average molecular weight is 300 g/mol. The third-order valence-corrected chi connectivity index (χ3v) is 4.05. The van der Waals surface area contributed by atoms with E-state index >= 15 is 0 Å². The van der Waals surface area contributed by atoms with Gasteiger partial charge in [-0.15, -0.1) is 0 Å². The van der Waals surface area contributed by atoms with Crippen molar-refractivity contribution in [3.63, 3.8) is 0 Å². The van der Waals surface area contributed by atoms with E-state index in [0.29, 0.717) is 0 Å². The number of nitrogens with one attached hydrogen (secondary N) is 2. The largest absolute Gasteiger partial charge is 0.497 e. The molecule has 2 N–H and O–H groups in total. The maximum atomic E-state index is 12.2. The lowest BCUT2D eigenvalue weighted by atomic mass is 10.2. The second-order valence-electron chi connectivity index (χ2n) is 5.44. The predicted molar refractivity (Wildman–Crippen MR) is 84.1 cm³/mol. The number of methoxy groups -OCH3 is 1. The number of urea groups is 1. The van der Waals surface area contributed by atoms with Crippen molar-refractivity contribution in [3.05, 3.63) is 43.0 Å². The van der Waals surface area contributed by atoms with Crippen molar-refractivity contribution < 1.29 is 9.53 Å². The molecule has 0 unspecified atom stereocenters. The fraction of sp³-hybridized carbons (Fsp3) is 0.375. The summed E-state index contributed by atoms with van der Waals surface area (Å²) in [5.74, 6) is 0.766. The third kappa shape index (κ3) is 3.21. The molecule has 1 heterocycles. The molecule has 2 atom stereocenters. The highest BCUT2D eigenvalue weighted by atomic mass is 16.5. The van der Waals surface area contributed by atoms with Crippen LogP contribution in [0.25, 0.3) is 0 Å². The molecular formula is C16H20N4O2. The molecule has 0 saturated heterocycles. The quantitative estimate of drug-likeness (QED) is 0.912. The van der Waals surface area contributed by atoms with Gasteiger partial charge in [-0.2, -0.15) is 0 Å². The Bertz CT molecular complexity index is 610. The van der Waals surface area contributed by atoms with Crippen LogP contribution in [0.5, 0.6) is 5.75 Å². The van der Waals surface area contributed by atoms with Crippen LogP contribution in [0.1, 0.15) is 25.3 Å². The Kier molecular flexibility index (Phi) is 4.27. The van der Waals surface area contributed by atoms with Crippen molar-refractivity contribution in [1.29, 1.82) is 0 Å². The molecule has 1 aromatic carbocycles. The lowest BCUT2D eigenvalue weighted by Gasteiger charge is -2.22. The minimum Gasteiger partial charge on any atom is -0.497 e. The van der Waals surface area contributed by atoms with Gasteiger partial charge in [-0.1, -0.05) is 0 Å². The van der Waals surface area contributed by atoms with Gasteiger partial charge in [-0.3, -0.25) is 0 Å². The van der Waals surface area contributed by atoms with E-state index in [0.717, 1.165) is 30.7 Å². The molecule has 2 aromatic rings. The third-order valence-electron chi connectivity index (χ3n) is 4.05. The molecule has 6 nitrogen and oxygen atoms in total. The number of amides is 2. The van der Waals surface area contributed by atoms with Crippen LogP contribution in [0.15, 0.2) is 43.0 Å². The first-order valence-corrected chi connectivity index (χ1v) is 7.45. The summed E-state index contributed by atoms with van der Waals surface area (Å²) < 4.78 is 7.17. The number of rotatable bonds is 4. The molecule has 0 spiro atoms. The van der Waals surface area contributed by atoms with Crippen molar-refractivity contribution in [2.45, 2.75) is 31.3 Å². The summed E-state index contributed by atoms with van der Waals surface area (Å²) in [6, 6.07) is 7.51. The standard InChI is InChI=1S/C16H20N4O2/c1-22-13-7-5-12(6-8-13)18-16(21)19-14-3-2-4-15(14)20-10-9-17-11-20/h5-11,14-15H,2-4H2,1H3,(H2,18,19,21)/t14-,15-/m1/s1. The highest BCUT2D eigenvalue weighted by molar-refractivity contribution is 5.89. The molecule has 1 aliphatic carbocycles. The van der Waals surface area contributed by atoms with Crippen LogP contribution < -0.4 is 15.4 Å². The van der Waals surface area contributed by atoms with Crippen molar-refractivity contribution >= 4 is 11.7 Å². The Morgan fingerprint density at radius 1 is 1.32 bits per heavy atom. The molecule has 6 heteroatoms. The number of carbonyl (C=O) groups excluding carboxylic acids is 1. The van der Waals surface area contributed by atoms with Gasteiger partial charge in [0.25, 0.3) is 0 Å². The molecular weight excluding hydrogens is 280 g/mol. The molecule has 0 bridgehead atoms. The Labute approximate surface area is 129 Å². The number of nitrogens with zero attached hydrogens (tertiary/aromatic N) is 2. The maximum Gasteiger partial charge on any atom is 0.319 e. The number of hydrogen-bond acceptors (Lipinski definition) is 3. The topological polar surface area (TPSA) is 68.2 Å². The van der Waals surface area contributed by atoms with E-state index in [1.807, 2.05) is 36.8 Å². The van der Waals surface area contributed by atoms with Crippen LogP contribution in [0.4, 0.5) is 10.5 Å². The minimum atomic E-state index is -0.179. The van der Waals surface area contributed by atoms with E-state index in [1.54, 1.807) is 13.3 Å². The van der Waals surface area contributed by atoms with Crippen LogP contribution in [-0.4, -0.2) is 28.7 Å². The lowest BCUT2D eigenvalue weighted by Crippen LogP contribution is -2.40. The average Bonchev–Trinajstić information content (AvgIpc) is 3.18. The number of aromatic nitrogens is 2. The van der Waals surface area contributed by atoms with Gasteiger partial charge in [0.1, 0.15) is 5.75 Å². The van der Waals surface area contributed by atoms with E-state index < -0.39 is 0 Å². The first-order valence-electron chi connectivity index (χ1n) is 7.45. The number of imidazole rings is 1. The molecule has 116 valence electrons. The Hall–Kier alpha value is -2.50. The van der Waals surface area contributed by atoms with Gasteiger partial charge < -0.3 is 19.9 Å². The van der Waals surface area contributed by atoms with Crippen molar-refractivity contribution in [2.24, 2.45) is 0 Å². The number of benzene rings is 1. The van der Waals surface area contributed by atoms with Crippen LogP contribution >= 0.6 is 0 Å². The number of ether oxygens (including phenoxy) is 1. The monoisotopic (exact) mass is 300 g/mol. The van der Waals surface area contributed by atoms with Gasteiger partial charge in [0, 0.05) is 18.1 Å². The second-order valence-corrected chi connectivity index (χ2v) is 5.44. The van der Waals surface area contributed by atoms with E-state index in [4.69, 9.17) is 4.74 Å². The van der Waals surface area contributed by atoms with E-state index in [-0.39, 0.29) is 18.1 Å². The predicted octanol–water partition coefficient (Wildman–Crippen LogP) is 2.81. The number of hydrogen-bond donors (Lipinski definition) is 2. The Morgan fingerprint density at radius 2 is 2.14 bits per heavy atom.